The number of unbranched alkanes of at least 4 members (excludes halogenated alkanes) is 2. The zero-order valence-corrected chi connectivity index (χ0v) is 20.6. The molecule has 5 nitrogen and oxygen atoms in total. The van der Waals surface area contributed by atoms with E-state index in [9.17, 15) is 4.39 Å². The Kier molecular flexibility index (Phi) is 10.5. The Bertz CT molecular complexity index is 888. The van der Waals surface area contributed by atoms with E-state index in [0.29, 0.717) is 31.1 Å². The average Bonchev–Trinajstić information content (AvgIpc) is 2.74. The molecule has 0 aliphatic carbocycles. The van der Waals surface area contributed by atoms with Gasteiger partial charge in [0.05, 0.1) is 6.20 Å². The van der Waals surface area contributed by atoms with Gasteiger partial charge in [-0.25, -0.2) is 4.39 Å². The third-order valence-electron chi connectivity index (χ3n) is 4.62. The highest BCUT2D eigenvalue weighted by Gasteiger charge is 2.39. The van der Waals surface area contributed by atoms with Crippen molar-refractivity contribution in [3.8, 4) is 5.69 Å². The van der Waals surface area contributed by atoms with Crippen molar-refractivity contribution in [2.75, 3.05) is 19.8 Å². The second-order valence-electron chi connectivity index (χ2n) is 6.71. The van der Waals surface area contributed by atoms with Gasteiger partial charge in [0.1, 0.15) is 4.64 Å². The first kappa shape index (κ1) is 25.0. The first-order valence-corrected chi connectivity index (χ1v) is 13.2. The van der Waals surface area contributed by atoms with Crippen LogP contribution in [0.3, 0.4) is 0 Å². The summed E-state index contributed by atoms with van der Waals surface area (Å²) in [6.07, 6.45) is 4.01. The van der Waals surface area contributed by atoms with Gasteiger partial charge >= 0.3 is 8.80 Å². The van der Waals surface area contributed by atoms with Crippen molar-refractivity contribution in [3.63, 3.8) is 0 Å². The molecule has 2 rings (SSSR count). The van der Waals surface area contributed by atoms with E-state index in [1.54, 1.807) is 9.13 Å². The van der Waals surface area contributed by atoms with Crippen molar-refractivity contribution in [1.29, 1.82) is 0 Å². The number of para-hydroxylation sites is 1. The maximum atomic E-state index is 14.5. The van der Waals surface area contributed by atoms with Crippen molar-refractivity contribution in [1.82, 2.24) is 9.13 Å². The number of nitrogens with zero attached hydrogens (tertiary/aromatic N) is 2. The number of benzene rings is 1. The molecule has 1 aromatic carbocycles. The second kappa shape index (κ2) is 12.6. The summed E-state index contributed by atoms with van der Waals surface area (Å²) < 4.78 is 36.2. The molecule has 1 heterocycles. The Morgan fingerprint density at radius 2 is 1.50 bits per heavy atom. The zero-order chi connectivity index (χ0) is 22.0. The molecule has 0 unspecified atom stereocenters. The van der Waals surface area contributed by atoms with Gasteiger partial charge in [-0.15, -0.1) is 0 Å². The van der Waals surface area contributed by atoms with E-state index in [1.165, 1.54) is 6.20 Å². The van der Waals surface area contributed by atoms with E-state index in [0.717, 1.165) is 31.0 Å². The molecule has 166 valence electrons. The standard InChI is InChI=1S/C21H31FN2O3S2Si/c1-4-25-30(26-5-2,27-6-3)16-12-8-11-15-23-20(28)19(22)17-24(21(23)29)18-13-9-7-10-14-18/h7,9-10,13-14,17H,4-6,8,11-12,15-16H2,1-3H3. The summed E-state index contributed by atoms with van der Waals surface area (Å²) in [4.78, 5) is 0. The normalized spacial score (nSPS) is 11.7. The molecular weight excluding hydrogens is 439 g/mol. The van der Waals surface area contributed by atoms with Crippen LogP contribution in [0, 0.1) is 15.2 Å². The van der Waals surface area contributed by atoms with Crippen molar-refractivity contribution in [2.24, 2.45) is 0 Å². The maximum Gasteiger partial charge on any atom is 0.500 e. The van der Waals surface area contributed by atoms with Crippen LogP contribution >= 0.6 is 24.4 Å². The fourth-order valence-corrected chi connectivity index (χ4v) is 6.64. The largest absolute Gasteiger partial charge is 0.500 e. The summed E-state index contributed by atoms with van der Waals surface area (Å²) in [6, 6.07) is 10.2. The average molecular weight is 471 g/mol. The number of hydrogen-bond donors (Lipinski definition) is 0. The highest BCUT2D eigenvalue weighted by Crippen LogP contribution is 2.20. The molecule has 2 aromatic rings. The summed E-state index contributed by atoms with van der Waals surface area (Å²) in [5.74, 6) is -0.446. The first-order valence-electron chi connectivity index (χ1n) is 10.5. The molecule has 1 aromatic heterocycles. The van der Waals surface area contributed by atoms with E-state index < -0.39 is 14.6 Å². The minimum atomic E-state index is -2.62. The fraction of sp³-hybridized carbons (Fsp3) is 0.524. The molecule has 9 heteroatoms. The van der Waals surface area contributed by atoms with Crippen LogP contribution < -0.4 is 0 Å². The summed E-state index contributed by atoms with van der Waals surface area (Å²) in [5.41, 5.74) is 0.811. The van der Waals surface area contributed by atoms with Crippen LogP contribution in [0.2, 0.25) is 6.04 Å². The van der Waals surface area contributed by atoms with Crippen LogP contribution in [0.4, 0.5) is 4.39 Å². The molecular formula is C21H31FN2O3S2Si. The first-order chi connectivity index (χ1) is 14.5. The Labute approximate surface area is 189 Å². The number of rotatable bonds is 13. The Morgan fingerprint density at radius 3 is 2.07 bits per heavy atom. The van der Waals surface area contributed by atoms with Crippen molar-refractivity contribution in [2.45, 2.75) is 52.6 Å². The molecule has 0 N–H and O–H groups in total. The lowest BCUT2D eigenvalue weighted by molar-refractivity contribution is 0.0706. The van der Waals surface area contributed by atoms with Crippen molar-refractivity contribution in [3.05, 3.63) is 51.8 Å². The number of hydrogen-bond acceptors (Lipinski definition) is 5. The van der Waals surface area contributed by atoms with Crippen molar-refractivity contribution >= 4 is 33.2 Å². The molecule has 0 bridgehead atoms. The lowest BCUT2D eigenvalue weighted by atomic mass is 10.2. The molecule has 0 aliphatic heterocycles. The molecule has 0 saturated carbocycles. The molecule has 0 spiro atoms. The van der Waals surface area contributed by atoms with Gasteiger partial charge in [0.2, 0.25) is 0 Å². The van der Waals surface area contributed by atoms with Crippen LogP contribution in [0.15, 0.2) is 36.5 Å². The quantitative estimate of drug-likeness (QED) is 0.201. The summed E-state index contributed by atoms with van der Waals surface area (Å²) in [6.45, 7) is 8.15. The van der Waals surface area contributed by atoms with Crippen LogP contribution in [0.25, 0.3) is 5.69 Å². The molecule has 0 radical (unpaired) electrons. The summed E-state index contributed by atoms with van der Waals surface area (Å²) in [7, 11) is -2.62. The van der Waals surface area contributed by atoms with Gasteiger partial charge in [0.15, 0.2) is 10.6 Å². The minimum absolute atomic E-state index is 0.147. The van der Waals surface area contributed by atoms with Gasteiger partial charge < -0.3 is 17.8 Å². The predicted molar refractivity (Wildman–Crippen MR) is 125 cm³/mol. The molecule has 30 heavy (non-hydrogen) atoms. The second-order valence-corrected chi connectivity index (χ2v) is 10.2. The maximum absolute atomic E-state index is 14.5. The van der Waals surface area contributed by atoms with Gasteiger partial charge in [-0.2, -0.15) is 0 Å². The Hall–Kier alpha value is -1.23. The van der Waals surface area contributed by atoms with Crippen LogP contribution in [0.1, 0.15) is 40.0 Å². The third kappa shape index (κ3) is 6.63. The van der Waals surface area contributed by atoms with Gasteiger partial charge in [-0.1, -0.05) is 36.8 Å². The number of aromatic nitrogens is 2. The smallest absolute Gasteiger partial charge is 0.374 e. The van der Waals surface area contributed by atoms with E-state index >= 15 is 0 Å². The minimum Gasteiger partial charge on any atom is -0.374 e. The van der Waals surface area contributed by atoms with Gasteiger partial charge in [-0.3, -0.25) is 4.57 Å². The van der Waals surface area contributed by atoms with Crippen LogP contribution in [0.5, 0.6) is 0 Å². The lowest BCUT2D eigenvalue weighted by Crippen LogP contribution is -2.45. The van der Waals surface area contributed by atoms with E-state index in [2.05, 4.69) is 0 Å². The molecule has 0 saturated heterocycles. The van der Waals surface area contributed by atoms with E-state index in [1.807, 2.05) is 51.1 Å². The monoisotopic (exact) mass is 470 g/mol. The van der Waals surface area contributed by atoms with Crippen LogP contribution in [-0.4, -0.2) is 37.8 Å². The predicted octanol–water partition coefficient (Wildman–Crippen LogP) is 6.10. The SMILES string of the molecule is CCO[Si](CCCCCn1c(=S)c(F)cn(-c2ccccc2)c1=S)(OCC)OCC. The summed E-state index contributed by atoms with van der Waals surface area (Å²) >= 11 is 10.9. The van der Waals surface area contributed by atoms with Crippen LogP contribution in [-0.2, 0) is 19.8 Å². The zero-order valence-electron chi connectivity index (χ0n) is 17.9. The van der Waals surface area contributed by atoms with Crippen molar-refractivity contribution < 1.29 is 17.7 Å². The van der Waals surface area contributed by atoms with Gasteiger partial charge in [-0.05, 0) is 58.0 Å². The van der Waals surface area contributed by atoms with Gasteiger partial charge in [0, 0.05) is 38.1 Å². The topological polar surface area (TPSA) is 37.5 Å². The lowest BCUT2D eigenvalue weighted by Gasteiger charge is -2.28. The Morgan fingerprint density at radius 1 is 0.900 bits per heavy atom. The van der Waals surface area contributed by atoms with Gasteiger partial charge in [0.25, 0.3) is 0 Å². The highest BCUT2D eigenvalue weighted by atomic mass is 32.1. The fourth-order valence-electron chi connectivity index (χ4n) is 3.33. The summed E-state index contributed by atoms with van der Waals surface area (Å²) in [5, 5.41) is 0. The highest BCUT2D eigenvalue weighted by molar-refractivity contribution is 7.72. The molecule has 0 atom stereocenters. The van der Waals surface area contributed by atoms with E-state index in [-0.39, 0.29) is 4.64 Å². The Balaban J connectivity index is 2.05. The third-order valence-corrected chi connectivity index (χ3v) is 8.60. The number of halogens is 1. The molecule has 0 aliphatic rings. The van der Waals surface area contributed by atoms with E-state index in [4.69, 9.17) is 37.7 Å². The molecule has 0 fully saturated rings. The molecule has 0 amide bonds.